The van der Waals surface area contributed by atoms with E-state index in [1.54, 1.807) is 7.11 Å². The Morgan fingerprint density at radius 1 is 1.28 bits per heavy atom. The van der Waals surface area contributed by atoms with Crippen molar-refractivity contribution in [3.63, 3.8) is 0 Å². The number of hydrogen-bond donors (Lipinski definition) is 2. The van der Waals surface area contributed by atoms with E-state index in [1.165, 1.54) is 18.1 Å². The van der Waals surface area contributed by atoms with Crippen LogP contribution in [-0.2, 0) is 5.75 Å². The molecular formula is C14H15F3N6OS. The highest BCUT2D eigenvalue weighted by molar-refractivity contribution is 7.98. The first kappa shape index (κ1) is 18.8. The number of aliphatic imine (C=N–C) groups is 1. The Labute approximate surface area is 145 Å². The van der Waals surface area contributed by atoms with Gasteiger partial charge in [0.1, 0.15) is 18.6 Å². The summed E-state index contributed by atoms with van der Waals surface area (Å²) in [5.74, 6) is 0.963. The van der Waals surface area contributed by atoms with E-state index >= 15 is 0 Å². The van der Waals surface area contributed by atoms with Crippen LogP contribution in [0.3, 0.4) is 0 Å². The Hall–Kier alpha value is -2.56. The van der Waals surface area contributed by atoms with Gasteiger partial charge in [-0.05, 0) is 17.7 Å². The van der Waals surface area contributed by atoms with Gasteiger partial charge >= 0.3 is 6.18 Å². The van der Waals surface area contributed by atoms with Crippen LogP contribution in [0.15, 0.2) is 40.7 Å². The van der Waals surface area contributed by atoms with Crippen LogP contribution in [0.1, 0.15) is 5.56 Å². The predicted octanol–water partition coefficient (Wildman–Crippen LogP) is 2.46. The third kappa shape index (κ3) is 6.83. The van der Waals surface area contributed by atoms with Crippen molar-refractivity contribution in [2.24, 2.45) is 10.7 Å². The minimum atomic E-state index is -4.43. The number of nitrogens with zero attached hydrogens (tertiary/aromatic N) is 4. The summed E-state index contributed by atoms with van der Waals surface area (Å²) < 4.78 is 41.3. The van der Waals surface area contributed by atoms with E-state index in [1.807, 2.05) is 24.3 Å². The average Bonchev–Trinajstić information content (AvgIpc) is 2.58. The Morgan fingerprint density at radius 3 is 2.64 bits per heavy atom. The van der Waals surface area contributed by atoms with Gasteiger partial charge < -0.3 is 10.5 Å². The number of nitrogens with one attached hydrogen (secondary N) is 1. The average molecular weight is 372 g/mol. The largest absolute Gasteiger partial charge is 0.497 e. The molecule has 0 atom stereocenters. The zero-order valence-corrected chi connectivity index (χ0v) is 13.9. The van der Waals surface area contributed by atoms with E-state index < -0.39 is 18.7 Å². The van der Waals surface area contributed by atoms with Gasteiger partial charge in [0.25, 0.3) is 0 Å². The topological polar surface area (TPSA) is 98.3 Å². The van der Waals surface area contributed by atoms with Crippen LogP contribution in [0.5, 0.6) is 5.75 Å². The minimum absolute atomic E-state index is 0.0238. The van der Waals surface area contributed by atoms with Crippen molar-refractivity contribution in [2.75, 3.05) is 19.0 Å². The molecule has 3 N–H and O–H groups in total. The van der Waals surface area contributed by atoms with Crippen LogP contribution in [0.25, 0.3) is 0 Å². The van der Waals surface area contributed by atoms with E-state index in [0.717, 1.165) is 11.3 Å². The third-order valence-electron chi connectivity index (χ3n) is 2.75. The van der Waals surface area contributed by atoms with Crippen LogP contribution >= 0.6 is 11.8 Å². The first-order chi connectivity index (χ1) is 11.9. The van der Waals surface area contributed by atoms with Crippen LogP contribution in [-0.4, -0.2) is 40.7 Å². The fourth-order valence-electron chi connectivity index (χ4n) is 1.61. The molecule has 7 nitrogen and oxygen atoms in total. The van der Waals surface area contributed by atoms with Crippen LogP contribution in [0.2, 0.25) is 0 Å². The summed E-state index contributed by atoms with van der Waals surface area (Å²) in [5.41, 5.74) is 6.41. The fourth-order valence-corrected chi connectivity index (χ4v) is 2.37. The lowest BCUT2D eigenvalue weighted by Crippen LogP contribution is -2.26. The molecule has 134 valence electrons. The van der Waals surface area contributed by atoms with Gasteiger partial charge in [-0.1, -0.05) is 23.9 Å². The highest BCUT2D eigenvalue weighted by atomic mass is 32.2. The molecule has 1 aromatic heterocycles. The van der Waals surface area contributed by atoms with Crippen molar-refractivity contribution in [3.8, 4) is 5.75 Å². The van der Waals surface area contributed by atoms with Crippen molar-refractivity contribution < 1.29 is 17.9 Å². The molecule has 0 radical (unpaired) electrons. The molecule has 2 aromatic rings. The quantitative estimate of drug-likeness (QED) is 0.457. The molecule has 1 heterocycles. The monoisotopic (exact) mass is 372 g/mol. The SMILES string of the molecule is COc1ccc(CSc2ncnc(N/C(N)=N\CC(F)(F)F)n2)cc1. The van der Waals surface area contributed by atoms with Crippen molar-refractivity contribution in [1.29, 1.82) is 0 Å². The number of hydrogen-bond acceptors (Lipinski definition) is 6. The third-order valence-corrected chi connectivity index (χ3v) is 3.68. The molecule has 2 rings (SSSR count). The number of alkyl halides is 3. The van der Waals surface area contributed by atoms with Gasteiger partial charge in [0.15, 0.2) is 11.1 Å². The van der Waals surface area contributed by atoms with Gasteiger partial charge in [-0.15, -0.1) is 0 Å². The molecule has 0 aliphatic heterocycles. The van der Waals surface area contributed by atoms with E-state index in [9.17, 15) is 13.2 Å². The number of methoxy groups -OCH3 is 1. The van der Waals surface area contributed by atoms with E-state index in [-0.39, 0.29) is 5.95 Å². The molecule has 0 bridgehead atoms. The maximum Gasteiger partial charge on any atom is 0.408 e. The minimum Gasteiger partial charge on any atom is -0.497 e. The number of guanidine groups is 1. The second-order valence-corrected chi connectivity index (χ2v) is 5.61. The first-order valence-electron chi connectivity index (χ1n) is 6.94. The molecule has 0 saturated heterocycles. The summed E-state index contributed by atoms with van der Waals surface area (Å²) in [5, 5.41) is 2.80. The molecule has 0 amide bonds. The number of aromatic nitrogens is 3. The highest BCUT2D eigenvalue weighted by Crippen LogP contribution is 2.21. The number of rotatable bonds is 6. The van der Waals surface area contributed by atoms with Crippen molar-refractivity contribution in [1.82, 2.24) is 15.0 Å². The standard InChI is InChI=1S/C14H15F3N6OS/c1-24-10-4-2-9(3-5-10)6-25-13-21-8-20-12(23-13)22-11(18)19-7-14(15,16)17/h2-5,8H,6-7H2,1H3,(H3,18,19,20,21,22,23). The summed E-state index contributed by atoms with van der Waals surface area (Å²) in [4.78, 5) is 15.0. The molecule has 0 fully saturated rings. The second-order valence-electron chi connectivity index (χ2n) is 4.67. The van der Waals surface area contributed by atoms with Crippen molar-refractivity contribution >= 4 is 23.7 Å². The zero-order chi connectivity index (χ0) is 18.3. The normalized spacial score (nSPS) is 12.1. The van der Waals surface area contributed by atoms with E-state index in [2.05, 4.69) is 25.3 Å². The number of halogens is 3. The predicted molar refractivity (Wildman–Crippen MR) is 88.5 cm³/mol. The van der Waals surface area contributed by atoms with Gasteiger partial charge in [-0.25, -0.2) is 15.0 Å². The number of ether oxygens (including phenoxy) is 1. The molecule has 0 saturated carbocycles. The van der Waals surface area contributed by atoms with Gasteiger partial charge in [0, 0.05) is 5.75 Å². The van der Waals surface area contributed by atoms with Gasteiger partial charge in [-0.2, -0.15) is 18.2 Å². The first-order valence-corrected chi connectivity index (χ1v) is 7.93. The highest BCUT2D eigenvalue weighted by Gasteiger charge is 2.26. The molecular weight excluding hydrogens is 357 g/mol. The summed E-state index contributed by atoms with van der Waals surface area (Å²) in [6.07, 6.45) is -3.19. The molecule has 0 spiro atoms. The lowest BCUT2D eigenvalue weighted by molar-refractivity contribution is -0.118. The molecule has 0 aliphatic rings. The second kappa shape index (κ2) is 8.51. The van der Waals surface area contributed by atoms with E-state index in [0.29, 0.717) is 10.9 Å². The Bertz CT molecular complexity index is 723. The fraction of sp³-hybridized carbons (Fsp3) is 0.286. The summed E-state index contributed by atoms with van der Waals surface area (Å²) in [6, 6.07) is 7.50. The maximum absolute atomic E-state index is 12.1. The maximum atomic E-state index is 12.1. The van der Waals surface area contributed by atoms with Crippen molar-refractivity contribution in [2.45, 2.75) is 17.1 Å². The number of anilines is 1. The molecule has 0 aliphatic carbocycles. The smallest absolute Gasteiger partial charge is 0.408 e. The summed E-state index contributed by atoms with van der Waals surface area (Å²) >= 11 is 1.34. The molecule has 11 heteroatoms. The Balaban J connectivity index is 1.93. The van der Waals surface area contributed by atoms with Crippen molar-refractivity contribution in [3.05, 3.63) is 36.2 Å². The number of nitrogens with two attached hydrogens (primary N) is 1. The lowest BCUT2D eigenvalue weighted by atomic mass is 10.2. The summed E-state index contributed by atoms with van der Waals surface area (Å²) in [6.45, 7) is -1.38. The van der Waals surface area contributed by atoms with Crippen LogP contribution < -0.4 is 15.8 Å². The molecule has 1 aromatic carbocycles. The zero-order valence-electron chi connectivity index (χ0n) is 13.1. The Kier molecular flexibility index (Phi) is 6.39. The number of thioether (sulfide) groups is 1. The van der Waals surface area contributed by atoms with Gasteiger partial charge in [0.2, 0.25) is 5.95 Å². The molecule has 25 heavy (non-hydrogen) atoms. The lowest BCUT2D eigenvalue weighted by Gasteiger charge is -2.06. The van der Waals surface area contributed by atoms with Crippen LogP contribution in [0.4, 0.5) is 19.1 Å². The Morgan fingerprint density at radius 2 is 2.00 bits per heavy atom. The van der Waals surface area contributed by atoms with Gasteiger partial charge in [-0.3, -0.25) is 5.32 Å². The molecule has 0 unspecified atom stereocenters. The van der Waals surface area contributed by atoms with Gasteiger partial charge in [0.05, 0.1) is 7.11 Å². The van der Waals surface area contributed by atoms with E-state index in [4.69, 9.17) is 10.5 Å². The summed E-state index contributed by atoms with van der Waals surface area (Å²) in [7, 11) is 1.59. The number of benzene rings is 1. The van der Waals surface area contributed by atoms with Crippen LogP contribution in [0, 0.1) is 0 Å².